The van der Waals surface area contributed by atoms with Crippen LogP contribution in [0.3, 0.4) is 0 Å². The highest BCUT2D eigenvalue weighted by Gasteiger charge is 2.47. The Balaban J connectivity index is 1.62. The molecule has 0 aromatic heterocycles. The molecular formula is C49H92O14. The molecule has 372 valence electrons. The van der Waals surface area contributed by atoms with E-state index in [0.29, 0.717) is 13.0 Å². The molecule has 11 atom stereocenters. The molecule has 0 aliphatic carbocycles. The van der Waals surface area contributed by atoms with Gasteiger partial charge in [0, 0.05) is 13.0 Å². The van der Waals surface area contributed by atoms with Crippen molar-refractivity contribution in [3.63, 3.8) is 0 Å². The van der Waals surface area contributed by atoms with Gasteiger partial charge < -0.3 is 64.2 Å². The van der Waals surface area contributed by atoms with E-state index in [1.165, 1.54) is 122 Å². The second-order valence-electron chi connectivity index (χ2n) is 18.0. The van der Waals surface area contributed by atoms with Gasteiger partial charge in [-0.3, -0.25) is 4.79 Å². The Hall–Kier alpha value is -1.27. The average Bonchev–Trinajstić information content (AvgIpc) is 3.28. The van der Waals surface area contributed by atoms with Crippen molar-refractivity contribution < 1.29 is 69.0 Å². The molecular weight excluding hydrogens is 813 g/mol. The number of aliphatic hydroxyl groups is 7. The SMILES string of the molecule is CCCCCCCCCC/C=C\CCCCCCCCCCCCCCOCC(COC1OC(COC2OC(CO)C(O)C(O)C2O)C(O)C(O)C1O)OC(=O)CCCCCCC. The van der Waals surface area contributed by atoms with Crippen LogP contribution < -0.4 is 0 Å². The molecule has 2 rings (SSSR count). The quantitative estimate of drug-likeness (QED) is 0.0186. The lowest BCUT2D eigenvalue weighted by molar-refractivity contribution is -0.332. The molecule has 2 aliphatic heterocycles. The van der Waals surface area contributed by atoms with Crippen molar-refractivity contribution in [2.45, 2.75) is 261 Å². The molecule has 0 aromatic carbocycles. The summed E-state index contributed by atoms with van der Waals surface area (Å²) in [5, 5.41) is 71.8. The number of rotatable bonds is 40. The second kappa shape index (κ2) is 37.8. The van der Waals surface area contributed by atoms with Crippen molar-refractivity contribution in [3.8, 4) is 0 Å². The van der Waals surface area contributed by atoms with Gasteiger partial charge in [0.2, 0.25) is 0 Å². The fourth-order valence-electron chi connectivity index (χ4n) is 8.10. The van der Waals surface area contributed by atoms with Crippen LogP contribution >= 0.6 is 0 Å². The number of hydrogen-bond donors (Lipinski definition) is 7. The molecule has 0 spiro atoms. The van der Waals surface area contributed by atoms with Gasteiger partial charge in [-0.05, 0) is 38.5 Å². The van der Waals surface area contributed by atoms with E-state index in [0.717, 1.165) is 44.9 Å². The molecule has 0 aromatic rings. The average molecular weight is 905 g/mol. The predicted molar refractivity (Wildman–Crippen MR) is 243 cm³/mol. The first-order valence-electron chi connectivity index (χ1n) is 25.3. The van der Waals surface area contributed by atoms with E-state index >= 15 is 0 Å². The van der Waals surface area contributed by atoms with Crippen LogP contribution in [0.1, 0.15) is 194 Å². The van der Waals surface area contributed by atoms with Gasteiger partial charge in [0.25, 0.3) is 0 Å². The van der Waals surface area contributed by atoms with Crippen molar-refractivity contribution in [2.24, 2.45) is 0 Å². The first-order chi connectivity index (χ1) is 30.6. The van der Waals surface area contributed by atoms with E-state index < -0.39 is 80.7 Å². The summed E-state index contributed by atoms with van der Waals surface area (Å²) in [7, 11) is 0. The Labute approximate surface area is 380 Å². The molecule has 0 bridgehead atoms. The molecule has 14 heteroatoms. The third-order valence-corrected chi connectivity index (χ3v) is 12.3. The minimum Gasteiger partial charge on any atom is -0.457 e. The van der Waals surface area contributed by atoms with Crippen LogP contribution in [0.2, 0.25) is 0 Å². The third-order valence-electron chi connectivity index (χ3n) is 12.3. The lowest BCUT2D eigenvalue weighted by atomic mass is 9.98. The van der Waals surface area contributed by atoms with Crippen LogP contribution in [0.15, 0.2) is 12.2 Å². The Morgan fingerprint density at radius 2 is 0.937 bits per heavy atom. The van der Waals surface area contributed by atoms with E-state index in [1.807, 2.05) is 0 Å². The maximum absolute atomic E-state index is 12.8. The summed E-state index contributed by atoms with van der Waals surface area (Å²) in [4.78, 5) is 12.8. The van der Waals surface area contributed by atoms with Gasteiger partial charge in [-0.1, -0.05) is 161 Å². The number of unbranched alkanes of at least 4 members (excludes halogenated alkanes) is 24. The zero-order chi connectivity index (χ0) is 45.9. The van der Waals surface area contributed by atoms with E-state index in [-0.39, 0.29) is 25.6 Å². The first kappa shape index (κ1) is 57.9. The molecule has 2 fully saturated rings. The van der Waals surface area contributed by atoms with Crippen molar-refractivity contribution in [1.82, 2.24) is 0 Å². The highest BCUT2D eigenvalue weighted by Crippen LogP contribution is 2.26. The summed E-state index contributed by atoms with van der Waals surface area (Å²) >= 11 is 0. The van der Waals surface area contributed by atoms with Gasteiger partial charge in [0.1, 0.15) is 54.9 Å². The normalized spacial score (nSPS) is 27.0. The van der Waals surface area contributed by atoms with Crippen molar-refractivity contribution in [1.29, 1.82) is 0 Å². The van der Waals surface area contributed by atoms with Gasteiger partial charge in [0.15, 0.2) is 12.6 Å². The van der Waals surface area contributed by atoms with Crippen molar-refractivity contribution >= 4 is 5.97 Å². The summed E-state index contributed by atoms with van der Waals surface area (Å²) in [5.74, 6) is -0.387. The molecule has 7 N–H and O–H groups in total. The smallest absolute Gasteiger partial charge is 0.306 e. The summed E-state index contributed by atoms with van der Waals surface area (Å²) in [5.41, 5.74) is 0. The van der Waals surface area contributed by atoms with Gasteiger partial charge in [-0.25, -0.2) is 0 Å². The molecule has 14 nitrogen and oxygen atoms in total. The Morgan fingerprint density at radius 1 is 0.508 bits per heavy atom. The van der Waals surface area contributed by atoms with Crippen molar-refractivity contribution in [2.75, 3.05) is 33.0 Å². The number of hydrogen-bond acceptors (Lipinski definition) is 14. The highest BCUT2D eigenvalue weighted by molar-refractivity contribution is 5.69. The Morgan fingerprint density at radius 3 is 1.44 bits per heavy atom. The van der Waals surface area contributed by atoms with Crippen molar-refractivity contribution in [3.05, 3.63) is 12.2 Å². The maximum atomic E-state index is 12.8. The van der Waals surface area contributed by atoms with Gasteiger partial charge in [0.05, 0.1) is 26.4 Å². The van der Waals surface area contributed by atoms with E-state index in [4.69, 9.17) is 28.4 Å². The fourth-order valence-corrected chi connectivity index (χ4v) is 8.10. The standard InChI is InChI=1S/C49H92O14/c1-3-5-7-9-10-11-12-13-14-15-16-17-18-19-20-21-22-23-24-25-26-27-29-31-33-58-35-38(61-41(51)32-30-28-8-6-4-2)36-59-48-47(57)45(55)43(53)40(63-48)37-60-49-46(56)44(54)42(52)39(34-50)62-49/h15-16,38-40,42-50,52-57H,3-14,17-37H2,1-2H3/b16-15-. The van der Waals surface area contributed by atoms with E-state index in [2.05, 4.69) is 26.0 Å². The largest absolute Gasteiger partial charge is 0.457 e. The predicted octanol–water partition coefficient (Wildman–Crippen LogP) is 7.07. The zero-order valence-electron chi connectivity index (χ0n) is 39.3. The van der Waals surface area contributed by atoms with Crippen LogP contribution in [-0.4, -0.2) is 142 Å². The fraction of sp³-hybridized carbons (Fsp3) is 0.939. The first-order valence-corrected chi connectivity index (χ1v) is 25.3. The Kier molecular flexibility index (Phi) is 34.7. The van der Waals surface area contributed by atoms with Crippen LogP contribution in [0.5, 0.6) is 0 Å². The molecule has 11 unspecified atom stereocenters. The number of allylic oxidation sites excluding steroid dienone is 2. The van der Waals surface area contributed by atoms with E-state index in [1.54, 1.807) is 0 Å². The number of aliphatic hydroxyl groups excluding tert-OH is 7. The summed E-state index contributed by atoms with van der Waals surface area (Å²) in [6.45, 7) is 3.61. The van der Waals surface area contributed by atoms with Gasteiger partial charge in [-0.2, -0.15) is 0 Å². The topological polar surface area (TPSA) is 214 Å². The van der Waals surface area contributed by atoms with E-state index in [9.17, 15) is 40.5 Å². The lowest BCUT2D eigenvalue weighted by Gasteiger charge is -2.42. The second-order valence-corrected chi connectivity index (χ2v) is 18.0. The number of ether oxygens (including phenoxy) is 6. The van der Waals surface area contributed by atoms with Gasteiger partial charge in [-0.15, -0.1) is 0 Å². The number of esters is 1. The minimum atomic E-state index is -1.70. The third kappa shape index (κ3) is 26.0. The maximum Gasteiger partial charge on any atom is 0.306 e. The van der Waals surface area contributed by atoms with Crippen LogP contribution in [0.25, 0.3) is 0 Å². The molecule has 0 amide bonds. The molecule has 63 heavy (non-hydrogen) atoms. The molecule has 0 saturated carbocycles. The summed E-state index contributed by atoms with van der Waals surface area (Å²) < 4.78 is 34.0. The summed E-state index contributed by atoms with van der Waals surface area (Å²) in [6.07, 6.45) is 22.1. The monoisotopic (exact) mass is 905 g/mol. The minimum absolute atomic E-state index is 0.0648. The lowest BCUT2D eigenvalue weighted by Crippen LogP contribution is -2.61. The zero-order valence-corrected chi connectivity index (χ0v) is 39.3. The molecule has 2 heterocycles. The van der Waals surface area contributed by atoms with Crippen LogP contribution in [0, 0.1) is 0 Å². The number of carbonyl (C=O) groups is 1. The molecule has 2 saturated heterocycles. The molecule has 0 radical (unpaired) electrons. The molecule has 2 aliphatic rings. The Bertz CT molecular complexity index is 1100. The van der Waals surface area contributed by atoms with Crippen LogP contribution in [0.4, 0.5) is 0 Å². The highest BCUT2D eigenvalue weighted by atomic mass is 16.7. The summed E-state index contributed by atoms with van der Waals surface area (Å²) in [6, 6.07) is 0. The van der Waals surface area contributed by atoms with Crippen LogP contribution in [-0.2, 0) is 33.2 Å². The number of carbonyl (C=O) groups excluding carboxylic acids is 1. The van der Waals surface area contributed by atoms with Gasteiger partial charge >= 0.3 is 5.97 Å².